The Hall–Kier alpha value is -2.42. The number of amides is 1. The van der Waals surface area contributed by atoms with E-state index in [4.69, 9.17) is 4.74 Å². The van der Waals surface area contributed by atoms with E-state index < -0.39 is 33.9 Å². The number of esters is 1. The fourth-order valence-electron chi connectivity index (χ4n) is 3.24. The lowest BCUT2D eigenvalue weighted by molar-refractivity contribution is -0.146. The molecule has 1 heterocycles. The van der Waals surface area contributed by atoms with Gasteiger partial charge in [-0.2, -0.15) is 0 Å². The number of likely N-dealkylation sites (tertiary alicyclic amines) is 1. The van der Waals surface area contributed by atoms with E-state index in [1.165, 1.54) is 17.0 Å². The average molecular weight is 397 g/mol. The van der Waals surface area contributed by atoms with Crippen LogP contribution in [0.15, 0.2) is 29.2 Å². The zero-order valence-electron chi connectivity index (χ0n) is 15.3. The van der Waals surface area contributed by atoms with Crippen LogP contribution in [0, 0.1) is 5.92 Å². The molecule has 1 aromatic rings. The number of carbonyl (C=O) groups is 3. The molecule has 0 saturated carbocycles. The Morgan fingerprint density at radius 2 is 1.85 bits per heavy atom. The van der Waals surface area contributed by atoms with Gasteiger partial charge < -0.3 is 14.7 Å². The van der Waals surface area contributed by atoms with Crippen LogP contribution in [0.5, 0.6) is 0 Å². The molecule has 8 nitrogen and oxygen atoms in total. The molecule has 0 spiro atoms. The standard InChI is InChI=1S/C18H23NO7S/c1-3-26-17(21)11-16(20)13-8-9-19(18(22)23)15(10-13)12-4-6-14(7-5-12)27(2,24)25/h4-7,13,15H,3,8-11H2,1-2H3,(H,22,23)/t13-,15-/m1/s1. The number of ketones is 1. The normalized spacial score (nSPS) is 20.1. The number of rotatable bonds is 6. The van der Waals surface area contributed by atoms with Crippen molar-refractivity contribution in [1.29, 1.82) is 0 Å². The second-order valence-corrected chi connectivity index (χ2v) is 8.52. The van der Waals surface area contributed by atoms with Crippen molar-refractivity contribution in [2.75, 3.05) is 19.4 Å². The molecule has 9 heteroatoms. The fourth-order valence-corrected chi connectivity index (χ4v) is 3.87. The number of hydrogen-bond acceptors (Lipinski definition) is 6. The first-order valence-electron chi connectivity index (χ1n) is 8.61. The van der Waals surface area contributed by atoms with Crippen molar-refractivity contribution < 1.29 is 32.6 Å². The summed E-state index contributed by atoms with van der Waals surface area (Å²) in [5.41, 5.74) is 0.610. The van der Waals surface area contributed by atoms with Gasteiger partial charge in [0.05, 0.1) is 17.5 Å². The van der Waals surface area contributed by atoms with Crippen molar-refractivity contribution >= 4 is 27.7 Å². The summed E-state index contributed by atoms with van der Waals surface area (Å²) in [6.07, 6.45) is 0.232. The Bertz CT molecular complexity index is 817. The minimum absolute atomic E-state index is 0.138. The van der Waals surface area contributed by atoms with E-state index in [0.717, 1.165) is 6.26 Å². The molecule has 1 N–H and O–H groups in total. The van der Waals surface area contributed by atoms with Crippen LogP contribution in [0.1, 0.15) is 37.8 Å². The van der Waals surface area contributed by atoms with E-state index in [9.17, 15) is 27.9 Å². The van der Waals surface area contributed by atoms with Crippen LogP contribution in [0.2, 0.25) is 0 Å². The molecule has 0 unspecified atom stereocenters. The molecule has 0 radical (unpaired) electrons. The maximum absolute atomic E-state index is 12.4. The van der Waals surface area contributed by atoms with Crippen molar-refractivity contribution in [2.45, 2.75) is 37.1 Å². The van der Waals surface area contributed by atoms with Crippen LogP contribution < -0.4 is 0 Å². The van der Waals surface area contributed by atoms with E-state index in [1.807, 2.05) is 0 Å². The van der Waals surface area contributed by atoms with E-state index >= 15 is 0 Å². The van der Waals surface area contributed by atoms with Gasteiger partial charge in [0.25, 0.3) is 0 Å². The Morgan fingerprint density at radius 1 is 1.22 bits per heavy atom. The van der Waals surface area contributed by atoms with Gasteiger partial charge in [0.2, 0.25) is 0 Å². The first-order chi connectivity index (χ1) is 12.6. The van der Waals surface area contributed by atoms with Gasteiger partial charge in [-0.05, 0) is 37.5 Å². The molecule has 1 aliphatic heterocycles. The van der Waals surface area contributed by atoms with Gasteiger partial charge in [-0.15, -0.1) is 0 Å². The number of carbonyl (C=O) groups excluding carboxylic acids is 2. The van der Waals surface area contributed by atoms with Crippen LogP contribution in [0.25, 0.3) is 0 Å². The third kappa shape index (κ3) is 5.29. The molecule has 1 fully saturated rings. The molecule has 0 aliphatic carbocycles. The Balaban J connectivity index is 2.21. The second-order valence-electron chi connectivity index (χ2n) is 6.50. The summed E-state index contributed by atoms with van der Waals surface area (Å²) in [6.45, 7) is 2.01. The molecule has 0 aromatic heterocycles. The summed E-state index contributed by atoms with van der Waals surface area (Å²) in [5, 5.41) is 9.47. The zero-order chi connectivity index (χ0) is 20.2. The first kappa shape index (κ1) is 20.9. The molecule has 1 amide bonds. The Morgan fingerprint density at radius 3 is 2.37 bits per heavy atom. The maximum Gasteiger partial charge on any atom is 0.407 e. The highest BCUT2D eigenvalue weighted by atomic mass is 32.2. The van der Waals surface area contributed by atoms with Crippen LogP contribution >= 0.6 is 0 Å². The van der Waals surface area contributed by atoms with Crippen LogP contribution in [0.4, 0.5) is 4.79 Å². The number of nitrogens with zero attached hydrogens (tertiary/aromatic N) is 1. The monoisotopic (exact) mass is 397 g/mol. The summed E-state index contributed by atoms with van der Waals surface area (Å²) in [5.74, 6) is -1.31. The van der Waals surface area contributed by atoms with Crippen LogP contribution in [-0.2, 0) is 24.2 Å². The fraction of sp³-hybridized carbons (Fsp3) is 0.500. The van der Waals surface area contributed by atoms with E-state index in [0.29, 0.717) is 12.0 Å². The van der Waals surface area contributed by atoms with Crippen molar-refractivity contribution in [1.82, 2.24) is 4.90 Å². The number of Topliss-reactive ketones (excluding diaryl/α,β-unsaturated/α-hetero) is 1. The number of carboxylic acid groups (broad SMARTS) is 1. The quantitative estimate of drug-likeness (QED) is 0.576. The molecular weight excluding hydrogens is 374 g/mol. The highest BCUT2D eigenvalue weighted by Gasteiger charge is 2.36. The lowest BCUT2D eigenvalue weighted by Crippen LogP contribution is -2.42. The number of sulfone groups is 1. The van der Waals surface area contributed by atoms with Gasteiger partial charge in [-0.1, -0.05) is 12.1 Å². The van der Waals surface area contributed by atoms with E-state index in [-0.39, 0.29) is 36.7 Å². The summed E-state index contributed by atoms with van der Waals surface area (Å²) < 4.78 is 28.0. The maximum atomic E-state index is 12.4. The number of ether oxygens (including phenoxy) is 1. The summed E-state index contributed by atoms with van der Waals surface area (Å²) in [7, 11) is -3.36. The third-order valence-corrected chi connectivity index (χ3v) is 5.75. The molecular formula is C18H23NO7S. The summed E-state index contributed by atoms with van der Waals surface area (Å²) in [4.78, 5) is 36.9. The Labute approximate surface area is 158 Å². The number of benzene rings is 1. The zero-order valence-corrected chi connectivity index (χ0v) is 16.1. The van der Waals surface area contributed by atoms with Gasteiger partial charge >= 0.3 is 12.1 Å². The highest BCUT2D eigenvalue weighted by molar-refractivity contribution is 7.90. The number of hydrogen-bond donors (Lipinski definition) is 1. The lowest BCUT2D eigenvalue weighted by Gasteiger charge is -2.37. The van der Waals surface area contributed by atoms with Crippen molar-refractivity contribution in [3.63, 3.8) is 0 Å². The third-order valence-electron chi connectivity index (χ3n) is 4.62. The molecule has 1 aliphatic rings. The first-order valence-corrected chi connectivity index (χ1v) is 10.5. The van der Waals surface area contributed by atoms with Gasteiger partial charge in [0, 0.05) is 18.7 Å². The van der Waals surface area contributed by atoms with Crippen LogP contribution in [0.3, 0.4) is 0 Å². The molecule has 0 bridgehead atoms. The van der Waals surface area contributed by atoms with Gasteiger partial charge in [0.1, 0.15) is 12.2 Å². The smallest absolute Gasteiger partial charge is 0.407 e. The molecule has 1 aromatic carbocycles. The number of piperidine rings is 1. The molecule has 2 atom stereocenters. The SMILES string of the molecule is CCOC(=O)CC(=O)[C@@H]1CCN(C(=O)O)[C@@H](c2ccc(S(C)(=O)=O)cc2)C1. The second kappa shape index (κ2) is 8.51. The topological polar surface area (TPSA) is 118 Å². The van der Waals surface area contributed by atoms with Crippen molar-refractivity contribution in [2.24, 2.45) is 5.92 Å². The molecule has 1 saturated heterocycles. The predicted octanol–water partition coefficient (Wildman–Crippen LogP) is 2.04. The van der Waals surface area contributed by atoms with Crippen molar-refractivity contribution in [3.8, 4) is 0 Å². The highest BCUT2D eigenvalue weighted by Crippen LogP contribution is 2.35. The van der Waals surface area contributed by atoms with E-state index in [2.05, 4.69) is 0 Å². The van der Waals surface area contributed by atoms with Gasteiger partial charge in [0.15, 0.2) is 9.84 Å². The van der Waals surface area contributed by atoms with Gasteiger partial charge in [-0.25, -0.2) is 13.2 Å². The van der Waals surface area contributed by atoms with Crippen LogP contribution in [-0.4, -0.2) is 55.7 Å². The lowest BCUT2D eigenvalue weighted by atomic mass is 9.84. The molecule has 148 valence electrons. The van der Waals surface area contributed by atoms with Crippen molar-refractivity contribution in [3.05, 3.63) is 29.8 Å². The van der Waals surface area contributed by atoms with E-state index in [1.54, 1.807) is 19.1 Å². The molecule has 27 heavy (non-hydrogen) atoms. The average Bonchev–Trinajstić information content (AvgIpc) is 2.60. The minimum Gasteiger partial charge on any atom is -0.466 e. The minimum atomic E-state index is -3.36. The van der Waals surface area contributed by atoms with Gasteiger partial charge in [-0.3, -0.25) is 9.59 Å². The predicted molar refractivity (Wildman–Crippen MR) is 96.0 cm³/mol. The molecule has 2 rings (SSSR count). The Kier molecular flexibility index (Phi) is 6.59. The largest absolute Gasteiger partial charge is 0.466 e. The summed E-state index contributed by atoms with van der Waals surface area (Å²) >= 11 is 0. The summed E-state index contributed by atoms with van der Waals surface area (Å²) in [6, 6.07) is 5.40.